The van der Waals surface area contributed by atoms with Crippen LogP contribution in [0.3, 0.4) is 0 Å². The SMILES string of the molecule is Cc1c(N2CC[C@@H]([C@H](C)N)C2)c(F)cn2c(=O)c(C(=O)O)cc(C3CC3)c12.Cl. The van der Waals surface area contributed by atoms with Gasteiger partial charge in [-0.3, -0.25) is 9.20 Å². The zero-order valence-corrected chi connectivity index (χ0v) is 16.8. The molecule has 1 saturated heterocycles. The van der Waals surface area contributed by atoms with Gasteiger partial charge in [0.05, 0.1) is 17.4 Å². The Labute approximate surface area is 168 Å². The summed E-state index contributed by atoms with van der Waals surface area (Å²) in [6.07, 6.45) is 3.96. The minimum absolute atomic E-state index is 0. The molecule has 1 saturated carbocycles. The number of nitrogens with zero attached hydrogens (tertiary/aromatic N) is 2. The molecule has 2 aromatic rings. The van der Waals surface area contributed by atoms with Gasteiger partial charge in [0.25, 0.3) is 5.56 Å². The largest absolute Gasteiger partial charge is 0.477 e. The molecule has 2 aromatic heterocycles. The first-order chi connectivity index (χ1) is 12.8. The highest BCUT2D eigenvalue weighted by Crippen LogP contribution is 2.44. The highest BCUT2D eigenvalue weighted by Gasteiger charge is 2.32. The van der Waals surface area contributed by atoms with Gasteiger partial charge in [0.15, 0.2) is 5.82 Å². The van der Waals surface area contributed by atoms with E-state index in [-0.39, 0.29) is 29.9 Å². The van der Waals surface area contributed by atoms with Crippen molar-refractivity contribution in [2.45, 2.75) is 45.1 Å². The third kappa shape index (κ3) is 3.26. The number of carboxylic acid groups (broad SMARTS) is 1. The average Bonchev–Trinajstić information content (AvgIpc) is 3.32. The number of aromatic carboxylic acids is 1. The van der Waals surface area contributed by atoms with Crippen molar-refractivity contribution in [1.29, 1.82) is 0 Å². The summed E-state index contributed by atoms with van der Waals surface area (Å²) in [5.74, 6) is -1.25. The second-order valence-electron chi connectivity index (χ2n) is 7.92. The highest BCUT2D eigenvalue weighted by molar-refractivity contribution is 5.89. The van der Waals surface area contributed by atoms with Crippen LogP contribution < -0.4 is 16.2 Å². The molecular formula is C20H25ClFN3O3. The fourth-order valence-corrected chi connectivity index (χ4v) is 4.31. The molecule has 0 unspecified atom stereocenters. The van der Waals surface area contributed by atoms with Crippen molar-refractivity contribution in [3.05, 3.63) is 45.1 Å². The average molecular weight is 410 g/mol. The Morgan fingerprint density at radius 2 is 2.04 bits per heavy atom. The normalized spacial score (nSPS) is 20.3. The van der Waals surface area contributed by atoms with Crippen molar-refractivity contribution in [3.63, 3.8) is 0 Å². The molecule has 0 amide bonds. The number of hydrogen-bond acceptors (Lipinski definition) is 4. The predicted molar refractivity (Wildman–Crippen MR) is 109 cm³/mol. The van der Waals surface area contributed by atoms with Gasteiger partial charge in [-0.25, -0.2) is 9.18 Å². The number of carboxylic acids is 1. The van der Waals surface area contributed by atoms with Gasteiger partial charge >= 0.3 is 5.97 Å². The Morgan fingerprint density at radius 3 is 2.57 bits per heavy atom. The van der Waals surface area contributed by atoms with Crippen molar-refractivity contribution >= 4 is 29.6 Å². The van der Waals surface area contributed by atoms with Crippen molar-refractivity contribution in [2.24, 2.45) is 11.7 Å². The first-order valence-electron chi connectivity index (χ1n) is 9.41. The Hall–Kier alpha value is -2.12. The van der Waals surface area contributed by atoms with E-state index in [1.54, 1.807) is 0 Å². The lowest BCUT2D eigenvalue weighted by atomic mass is 10.0. The van der Waals surface area contributed by atoms with Gasteiger partial charge in [0, 0.05) is 19.1 Å². The quantitative estimate of drug-likeness (QED) is 0.810. The van der Waals surface area contributed by atoms with Gasteiger partial charge in [-0.2, -0.15) is 0 Å². The van der Waals surface area contributed by atoms with Gasteiger partial charge in [-0.05, 0) is 62.1 Å². The number of hydrogen-bond donors (Lipinski definition) is 2. The van der Waals surface area contributed by atoms with E-state index < -0.39 is 17.3 Å². The maximum atomic E-state index is 15.0. The number of pyridine rings is 2. The maximum Gasteiger partial charge on any atom is 0.341 e. The van der Waals surface area contributed by atoms with Gasteiger partial charge in [0.2, 0.25) is 0 Å². The van der Waals surface area contributed by atoms with E-state index in [0.717, 1.165) is 37.6 Å². The molecule has 6 nitrogen and oxygen atoms in total. The van der Waals surface area contributed by atoms with Crippen LogP contribution >= 0.6 is 12.4 Å². The maximum absolute atomic E-state index is 15.0. The minimum atomic E-state index is -1.28. The van der Waals surface area contributed by atoms with E-state index >= 15 is 4.39 Å². The smallest absolute Gasteiger partial charge is 0.341 e. The van der Waals surface area contributed by atoms with Crippen LogP contribution in [0, 0.1) is 18.7 Å². The Bertz CT molecular complexity index is 1000. The van der Waals surface area contributed by atoms with E-state index in [0.29, 0.717) is 29.2 Å². The Balaban J connectivity index is 0.00000225. The van der Waals surface area contributed by atoms with Crippen molar-refractivity contribution < 1.29 is 14.3 Å². The number of rotatable bonds is 4. The third-order valence-corrected chi connectivity index (χ3v) is 5.97. The molecule has 1 aliphatic carbocycles. The van der Waals surface area contributed by atoms with Crippen LogP contribution in [-0.2, 0) is 0 Å². The summed E-state index contributed by atoms with van der Waals surface area (Å²) in [7, 11) is 0. The molecular weight excluding hydrogens is 385 g/mol. The summed E-state index contributed by atoms with van der Waals surface area (Å²) in [5, 5.41) is 9.37. The topological polar surface area (TPSA) is 88.0 Å². The van der Waals surface area contributed by atoms with Gasteiger partial charge < -0.3 is 15.7 Å². The van der Waals surface area contributed by atoms with Crippen molar-refractivity contribution in [2.75, 3.05) is 18.0 Å². The molecule has 2 fully saturated rings. The van der Waals surface area contributed by atoms with Gasteiger partial charge in [0.1, 0.15) is 5.56 Å². The zero-order chi connectivity index (χ0) is 19.5. The third-order valence-electron chi connectivity index (χ3n) is 5.97. The van der Waals surface area contributed by atoms with E-state index in [4.69, 9.17) is 5.73 Å². The molecule has 0 spiro atoms. The summed E-state index contributed by atoms with van der Waals surface area (Å²) in [6.45, 7) is 5.19. The summed E-state index contributed by atoms with van der Waals surface area (Å²) >= 11 is 0. The van der Waals surface area contributed by atoms with Crippen molar-refractivity contribution in [1.82, 2.24) is 4.40 Å². The molecule has 0 bridgehead atoms. The standard InChI is InChI=1S/C20H24FN3O3.ClH/c1-10-17-14(12-3-4-12)7-15(20(26)27)19(25)24(17)9-16(21)18(10)23-6-5-13(8-23)11(2)22;/h7,9,11-13H,3-6,8,22H2,1-2H3,(H,26,27);1H/t11-,13+;/m0./s1. The Kier molecular flexibility index (Phi) is 5.42. The first-order valence-corrected chi connectivity index (χ1v) is 9.41. The molecule has 3 N–H and O–H groups in total. The number of aryl methyl sites for hydroxylation is 1. The zero-order valence-electron chi connectivity index (χ0n) is 15.9. The lowest BCUT2D eigenvalue weighted by molar-refractivity contribution is 0.0694. The van der Waals surface area contributed by atoms with Crippen molar-refractivity contribution in [3.8, 4) is 0 Å². The number of nitrogens with two attached hydrogens (primary N) is 1. The number of halogens is 2. The lowest BCUT2D eigenvalue weighted by Gasteiger charge is -2.24. The van der Waals surface area contributed by atoms with E-state index in [9.17, 15) is 14.7 Å². The molecule has 28 heavy (non-hydrogen) atoms. The van der Waals surface area contributed by atoms with E-state index in [2.05, 4.69) is 0 Å². The molecule has 0 aromatic carbocycles. The van der Waals surface area contributed by atoms with Crippen LogP contribution in [0.25, 0.3) is 5.52 Å². The first kappa shape index (κ1) is 20.6. The second-order valence-corrected chi connectivity index (χ2v) is 7.92. The molecule has 2 aliphatic rings. The molecule has 2 atom stereocenters. The van der Waals surface area contributed by atoms with E-state index in [1.165, 1.54) is 10.5 Å². The molecule has 152 valence electrons. The monoisotopic (exact) mass is 409 g/mol. The van der Waals surface area contributed by atoms with E-state index in [1.807, 2.05) is 18.7 Å². The highest BCUT2D eigenvalue weighted by atomic mass is 35.5. The fraction of sp³-hybridized carbons (Fsp3) is 0.500. The number of fused-ring (bicyclic) bond motifs is 1. The fourth-order valence-electron chi connectivity index (χ4n) is 4.31. The molecule has 3 heterocycles. The summed E-state index contributed by atoms with van der Waals surface area (Å²) in [5.41, 5.74) is 7.69. The molecule has 8 heteroatoms. The van der Waals surface area contributed by atoms with Crippen LogP contribution in [0.4, 0.5) is 10.1 Å². The van der Waals surface area contributed by atoms with Crippen LogP contribution in [0.5, 0.6) is 0 Å². The number of anilines is 1. The number of carbonyl (C=O) groups is 1. The van der Waals surface area contributed by atoms with Crippen LogP contribution in [0.2, 0.25) is 0 Å². The van der Waals surface area contributed by atoms with Crippen LogP contribution in [0.15, 0.2) is 17.1 Å². The number of aromatic nitrogens is 1. The Morgan fingerprint density at radius 1 is 1.36 bits per heavy atom. The second kappa shape index (κ2) is 7.37. The molecule has 4 rings (SSSR count). The summed E-state index contributed by atoms with van der Waals surface area (Å²) in [6, 6.07) is 1.53. The van der Waals surface area contributed by atoms with Gasteiger partial charge in [-0.1, -0.05) is 0 Å². The predicted octanol–water partition coefficient (Wildman–Crippen LogP) is 2.92. The van der Waals surface area contributed by atoms with Crippen LogP contribution in [-0.4, -0.2) is 34.6 Å². The molecule has 0 radical (unpaired) electrons. The summed E-state index contributed by atoms with van der Waals surface area (Å²) < 4.78 is 16.2. The van der Waals surface area contributed by atoms with Gasteiger partial charge in [-0.15, -0.1) is 12.4 Å². The molecule has 1 aliphatic heterocycles. The lowest BCUT2D eigenvalue weighted by Crippen LogP contribution is -2.31. The van der Waals surface area contributed by atoms with Crippen LogP contribution in [0.1, 0.15) is 53.6 Å². The summed E-state index contributed by atoms with van der Waals surface area (Å²) in [4.78, 5) is 26.1. The minimum Gasteiger partial charge on any atom is -0.477 e.